The molecule has 1 unspecified atom stereocenters. The van der Waals surface area contributed by atoms with Gasteiger partial charge in [-0.2, -0.15) is 0 Å². The molecule has 1 N–H and O–H groups in total. The van der Waals surface area contributed by atoms with Crippen molar-refractivity contribution >= 4 is 6.09 Å². The van der Waals surface area contributed by atoms with Crippen molar-refractivity contribution in [2.45, 2.75) is 32.5 Å². The van der Waals surface area contributed by atoms with Crippen LogP contribution in [-0.4, -0.2) is 45.8 Å². The standard InChI is InChI=1S/C16H22N4O2/c1-16(2,3)22-15(21)20-10-8-17-11-13(20)19-9-4-5-12-6-7-18-14(12)19/h4-7,9,13,17H,8,10-11H2,1-3H3. The molecule has 22 heavy (non-hydrogen) atoms. The first-order valence-electron chi connectivity index (χ1n) is 7.57. The second kappa shape index (κ2) is 5.61. The van der Waals surface area contributed by atoms with Gasteiger partial charge in [-0.15, -0.1) is 0 Å². The maximum atomic E-state index is 12.5. The van der Waals surface area contributed by atoms with E-state index in [-0.39, 0.29) is 12.3 Å². The second-order valence-electron chi connectivity index (χ2n) is 6.50. The number of rotatable bonds is 1. The molecule has 0 radical (unpaired) electrons. The molecule has 0 aliphatic carbocycles. The van der Waals surface area contributed by atoms with Crippen LogP contribution >= 0.6 is 0 Å². The van der Waals surface area contributed by atoms with Gasteiger partial charge in [-0.25, -0.2) is 9.78 Å². The van der Waals surface area contributed by atoms with E-state index in [0.29, 0.717) is 13.1 Å². The Morgan fingerprint density at radius 3 is 3.00 bits per heavy atom. The molecule has 3 aliphatic rings. The number of pyridine rings is 1. The molecule has 0 saturated carbocycles. The summed E-state index contributed by atoms with van der Waals surface area (Å²) in [6.45, 7) is 7.71. The number of carbonyl (C=O) groups excluding carboxylic acids is 1. The summed E-state index contributed by atoms with van der Waals surface area (Å²) in [6, 6.07) is 5.97. The normalized spacial score (nSPS) is 19.4. The van der Waals surface area contributed by atoms with Crippen LogP contribution in [0.5, 0.6) is 0 Å². The molecular formula is C16H22N4O2. The number of hydrogen-bond donors (Lipinski definition) is 1. The van der Waals surface area contributed by atoms with Gasteiger partial charge in [-0.3, -0.25) is 4.90 Å². The minimum absolute atomic E-state index is 0.137. The molecule has 118 valence electrons. The van der Waals surface area contributed by atoms with Crippen LogP contribution in [0.4, 0.5) is 4.79 Å². The van der Waals surface area contributed by atoms with Gasteiger partial charge in [0.05, 0.1) is 0 Å². The zero-order valence-electron chi connectivity index (χ0n) is 13.2. The highest BCUT2D eigenvalue weighted by atomic mass is 16.6. The summed E-state index contributed by atoms with van der Waals surface area (Å²) in [4.78, 5) is 18.7. The minimum Gasteiger partial charge on any atom is -0.444 e. The highest BCUT2D eigenvalue weighted by molar-refractivity contribution is 5.69. The smallest absolute Gasteiger partial charge is 0.412 e. The maximum absolute atomic E-state index is 12.5. The maximum Gasteiger partial charge on any atom is 0.412 e. The Hall–Kier alpha value is -2.08. The van der Waals surface area contributed by atoms with E-state index < -0.39 is 5.60 Å². The largest absolute Gasteiger partial charge is 0.444 e. The van der Waals surface area contributed by atoms with Crippen molar-refractivity contribution in [3.05, 3.63) is 30.6 Å². The minimum atomic E-state index is -0.498. The van der Waals surface area contributed by atoms with Crippen LogP contribution in [-0.2, 0) is 4.74 Å². The molecular weight excluding hydrogens is 280 g/mol. The number of carbonyl (C=O) groups is 1. The Bertz CT molecular complexity index is 631. The van der Waals surface area contributed by atoms with Crippen LogP contribution in [0.3, 0.4) is 0 Å². The lowest BCUT2D eigenvalue weighted by Crippen LogP contribution is -2.52. The zero-order chi connectivity index (χ0) is 15.7. The molecule has 3 aliphatic heterocycles. The Labute approximate surface area is 130 Å². The van der Waals surface area contributed by atoms with Crippen molar-refractivity contribution in [3.8, 4) is 11.4 Å². The Morgan fingerprint density at radius 2 is 2.23 bits per heavy atom. The fraction of sp³-hybridized carbons (Fsp3) is 0.500. The summed E-state index contributed by atoms with van der Waals surface area (Å²) in [6.07, 6.45) is 3.33. The molecule has 3 rings (SSSR count). The summed E-state index contributed by atoms with van der Waals surface area (Å²) in [7, 11) is 0. The van der Waals surface area contributed by atoms with Crippen LogP contribution in [0.15, 0.2) is 30.6 Å². The fourth-order valence-electron chi connectivity index (χ4n) is 2.71. The van der Waals surface area contributed by atoms with Crippen molar-refractivity contribution < 1.29 is 9.53 Å². The summed E-state index contributed by atoms with van der Waals surface area (Å²) in [5, 5.41) is 3.34. The van der Waals surface area contributed by atoms with Crippen LogP contribution in [0.25, 0.3) is 11.4 Å². The third kappa shape index (κ3) is 2.92. The molecule has 0 aromatic heterocycles. The van der Waals surface area contributed by atoms with Gasteiger partial charge in [0.25, 0.3) is 0 Å². The predicted octanol–water partition coefficient (Wildman–Crippen LogP) is 2.33. The van der Waals surface area contributed by atoms with Crippen LogP contribution in [0.1, 0.15) is 26.9 Å². The first kappa shape index (κ1) is 14.8. The zero-order valence-corrected chi connectivity index (χ0v) is 13.2. The van der Waals surface area contributed by atoms with E-state index in [1.807, 2.05) is 49.7 Å². The summed E-state index contributed by atoms with van der Waals surface area (Å²) < 4.78 is 7.58. The summed E-state index contributed by atoms with van der Waals surface area (Å²) >= 11 is 0. The van der Waals surface area contributed by atoms with Gasteiger partial charge in [-0.1, -0.05) is 0 Å². The third-order valence-electron chi connectivity index (χ3n) is 3.64. The van der Waals surface area contributed by atoms with Gasteiger partial charge in [0.1, 0.15) is 17.6 Å². The highest BCUT2D eigenvalue weighted by Crippen LogP contribution is 2.26. The molecule has 3 heterocycles. The average molecular weight is 302 g/mol. The van der Waals surface area contributed by atoms with Gasteiger partial charge in [0.2, 0.25) is 0 Å². The first-order chi connectivity index (χ1) is 10.5. The molecule has 0 aromatic rings. The number of fused-ring (bicyclic) bond motifs is 1. The van der Waals surface area contributed by atoms with E-state index in [1.165, 1.54) is 0 Å². The average Bonchev–Trinajstić information content (AvgIpc) is 2.93. The molecule has 0 bridgehead atoms. The first-order valence-corrected chi connectivity index (χ1v) is 7.57. The van der Waals surface area contributed by atoms with Crippen LogP contribution in [0.2, 0.25) is 0 Å². The SMILES string of the molecule is CC(C)(C)OC(=O)N1CCNCC1n1cccc2ccnc1-2. The molecule has 1 atom stereocenters. The van der Waals surface area contributed by atoms with Crippen molar-refractivity contribution in [1.29, 1.82) is 0 Å². The van der Waals surface area contributed by atoms with Crippen molar-refractivity contribution in [2.75, 3.05) is 19.6 Å². The number of ether oxygens (including phenoxy) is 1. The van der Waals surface area contributed by atoms with Crippen LogP contribution in [0, 0.1) is 0 Å². The second-order valence-corrected chi connectivity index (χ2v) is 6.50. The topological polar surface area (TPSA) is 59.4 Å². The summed E-state index contributed by atoms with van der Waals surface area (Å²) in [5.74, 6) is 0.879. The number of amides is 1. The number of nitrogens with one attached hydrogen (secondary N) is 1. The summed E-state index contributed by atoms with van der Waals surface area (Å²) in [5.41, 5.74) is 0.569. The number of nitrogens with zero attached hydrogens (tertiary/aromatic N) is 3. The Morgan fingerprint density at radius 1 is 1.41 bits per heavy atom. The highest BCUT2D eigenvalue weighted by Gasteiger charge is 2.32. The van der Waals surface area contributed by atoms with Crippen molar-refractivity contribution in [3.63, 3.8) is 0 Å². The molecule has 1 saturated heterocycles. The van der Waals surface area contributed by atoms with E-state index >= 15 is 0 Å². The van der Waals surface area contributed by atoms with E-state index in [2.05, 4.69) is 10.3 Å². The van der Waals surface area contributed by atoms with Gasteiger partial charge in [0, 0.05) is 37.6 Å². The lowest BCUT2D eigenvalue weighted by atomic mass is 10.2. The van der Waals surface area contributed by atoms with Crippen LogP contribution < -0.4 is 5.32 Å². The molecule has 6 nitrogen and oxygen atoms in total. The van der Waals surface area contributed by atoms with E-state index in [9.17, 15) is 4.79 Å². The molecule has 0 aromatic carbocycles. The molecule has 1 fully saturated rings. The molecule has 1 amide bonds. The van der Waals surface area contributed by atoms with Gasteiger partial charge >= 0.3 is 6.09 Å². The fourth-order valence-corrected chi connectivity index (χ4v) is 2.71. The number of piperazine rings is 1. The quantitative estimate of drug-likeness (QED) is 0.878. The van der Waals surface area contributed by atoms with E-state index in [0.717, 1.165) is 17.9 Å². The monoisotopic (exact) mass is 302 g/mol. The molecule has 0 spiro atoms. The van der Waals surface area contributed by atoms with Gasteiger partial charge < -0.3 is 14.6 Å². The number of aromatic nitrogens is 2. The van der Waals surface area contributed by atoms with Gasteiger partial charge in [0.15, 0.2) is 0 Å². The Kier molecular flexibility index (Phi) is 3.78. The Balaban J connectivity index is 1.90. The van der Waals surface area contributed by atoms with E-state index in [4.69, 9.17) is 4.74 Å². The predicted molar refractivity (Wildman–Crippen MR) is 83.7 cm³/mol. The van der Waals surface area contributed by atoms with Gasteiger partial charge in [-0.05, 0) is 39.0 Å². The lowest BCUT2D eigenvalue weighted by molar-refractivity contribution is 0.00215. The molecule has 6 heteroatoms. The van der Waals surface area contributed by atoms with E-state index in [1.54, 1.807) is 11.1 Å². The lowest BCUT2D eigenvalue weighted by Gasteiger charge is -2.38. The van der Waals surface area contributed by atoms with Crippen molar-refractivity contribution in [2.24, 2.45) is 0 Å². The number of hydrogen-bond acceptors (Lipinski definition) is 4. The third-order valence-corrected chi connectivity index (χ3v) is 3.64. The van der Waals surface area contributed by atoms with Crippen molar-refractivity contribution in [1.82, 2.24) is 19.8 Å².